The Labute approximate surface area is 610 Å². The molecule has 2 atom stereocenters. The summed E-state index contributed by atoms with van der Waals surface area (Å²) in [7, 11) is 5.94. The van der Waals surface area contributed by atoms with Crippen LogP contribution in [0.2, 0.25) is 0 Å². The molecule has 0 bridgehead atoms. The topological polar surface area (TPSA) is 111 Å². The third kappa shape index (κ3) is 80.1. The van der Waals surface area contributed by atoms with Gasteiger partial charge in [-0.05, 0) is 122 Å². The van der Waals surface area contributed by atoms with Crippen LogP contribution in [-0.2, 0) is 33.3 Å². The molecule has 9 nitrogen and oxygen atoms in total. The molecule has 0 aromatic rings. The average Bonchev–Trinajstić information content (AvgIpc) is 2.19. The molecule has 0 N–H and O–H groups in total. The molecule has 9 heteroatoms. The smallest absolute Gasteiger partial charge is 0.306 e. The summed E-state index contributed by atoms with van der Waals surface area (Å²) in [6, 6.07) is 0. The molecule has 0 saturated heterocycles. The number of esters is 2. The Morgan fingerprint density at radius 3 is 0.808 bits per heavy atom. The fourth-order valence-corrected chi connectivity index (χ4v) is 11.2. The van der Waals surface area contributed by atoms with Crippen molar-refractivity contribution in [2.75, 3.05) is 47.5 Å². The maximum absolute atomic E-state index is 13.0. The maximum atomic E-state index is 13.0. The highest BCUT2D eigenvalue weighted by Crippen LogP contribution is 2.18. The van der Waals surface area contributed by atoms with E-state index < -0.39 is 24.3 Å². The van der Waals surface area contributed by atoms with Gasteiger partial charge in [-0.1, -0.05) is 358 Å². The third-order valence-corrected chi connectivity index (χ3v) is 17.3. The van der Waals surface area contributed by atoms with Crippen molar-refractivity contribution < 1.29 is 42.9 Å². The van der Waals surface area contributed by atoms with Gasteiger partial charge in [0.2, 0.25) is 0 Å². The fourth-order valence-electron chi connectivity index (χ4n) is 11.2. The number of carbonyl (C=O) groups excluding carboxylic acids is 3. The highest BCUT2D eigenvalue weighted by atomic mass is 16.7. The Kier molecular flexibility index (Phi) is 74.6. The highest BCUT2D eigenvalue weighted by molar-refractivity contribution is 5.70. The molecule has 0 aromatic carbocycles. The summed E-state index contributed by atoms with van der Waals surface area (Å²) in [6.07, 6.45) is 114. The predicted octanol–water partition coefficient (Wildman–Crippen LogP) is 25.0. The first-order chi connectivity index (χ1) is 48.6. The predicted molar refractivity (Wildman–Crippen MR) is 425 cm³/mol. The molecular weight excluding hydrogens is 1220 g/mol. The molecule has 0 spiro atoms. The Bertz CT molecular complexity index is 2200. The Hall–Kier alpha value is -5.09. The van der Waals surface area contributed by atoms with Gasteiger partial charge >= 0.3 is 11.9 Å². The molecule has 0 saturated carbocycles. The zero-order chi connectivity index (χ0) is 71.8. The lowest BCUT2D eigenvalue weighted by Crippen LogP contribution is -2.44. The third-order valence-electron chi connectivity index (χ3n) is 17.3. The number of nitrogens with zero attached hydrogens (tertiary/aromatic N) is 1. The van der Waals surface area contributed by atoms with Crippen molar-refractivity contribution in [3.63, 3.8) is 0 Å². The zero-order valence-electron chi connectivity index (χ0n) is 64.6. The number of carboxylic acids is 1. The van der Waals surface area contributed by atoms with Gasteiger partial charge in [0.15, 0.2) is 12.4 Å². The lowest BCUT2D eigenvalue weighted by atomic mass is 10.0. The number of allylic oxidation sites excluding steroid dienone is 26. The first-order valence-corrected chi connectivity index (χ1v) is 40.6. The van der Waals surface area contributed by atoms with Gasteiger partial charge in [-0.25, -0.2) is 0 Å². The van der Waals surface area contributed by atoms with E-state index in [1.807, 2.05) is 21.1 Å². The number of unbranched alkanes of at least 4 members (excludes halogenated alkanes) is 33. The van der Waals surface area contributed by atoms with Crippen LogP contribution in [0.3, 0.4) is 0 Å². The molecule has 2 unspecified atom stereocenters. The van der Waals surface area contributed by atoms with Crippen LogP contribution < -0.4 is 5.11 Å². The molecule has 0 fully saturated rings. The number of ether oxygens (including phenoxy) is 4. The van der Waals surface area contributed by atoms with E-state index in [4.69, 9.17) is 18.9 Å². The largest absolute Gasteiger partial charge is 0.545 e. The number of carboxylic acid groups (broad SMARTS) is 1. The molecule has 99 heavy (non-hydrogen) atoms. The van der Waals surface area contributed by atoms with E-state index in [0.29, 0.717) is 17.4 Å². The molecule has 0 aliphatic carbocycles. The van der Waals surface area contributed by atoms with Crippen LogP contribution in [0.1, 0.15) is 335 Å². The number of rotatable bonds is 74. The van der Waals surface area contributed by atoms with E-state index in [2.05, 4.69) is 172 Å². The summed E-state index contributed by atoms with van der Waals surface area (Å²) in [5.74, 6) is -2.28. The summed E-state index contributed by atoms with van der Waals surface area (Å²) >= 11 is 0. The number of likely N-dealkylation sites (N-methyl/N-ethyl adjacent to an activating group) is 1. The molecule has 0 heterocycles. The first-order valence-electron chi connectivity index (χ1n) is 40.6. The fraction of sp³-hybridized carbons (Fsp3) is 0.678. The number of quaternary nitrogens is 1. The van der Waals surface area contributed by atoms with Gasteiger partial charge in [-0.15, -0.1) is 0 Å². The van der Waals surface area contributed by atoms with Crippen molar-refractivity contribution >= 4 is 17.9 Å². The Balaban J connectivity index is 4.04. The average molecular weight is 1380 g/mol. The number of aliphatic carboxylic acids is 1. The Morgan fingerprint density at radius 2 is 0.545 bits per heavy atom. The summed E-state index contributed by atoms with van der Waals surface area (Å²) in [6.45, 7) is 4.54. The van der Waals surface area contributed by atoms with Gasteiger partial charge in [-0.2, -0.15) is 0 Å². The van der Waals surface area contributed by atoms with Crippen LogP contribution in [0, 0.1) is 0 Å². The lowest BCUT2D eigenvalue weighted by molar-refractivity contribution is -0.870. The van der Waals surface area contributed by atoms with Crippen molar-refractivity contribution in [2.24, 2.45) is 0 Å². The second kappa shape index (κ2) is 78.6. The minimum Gasteiger partial charge on any atom is -0.545 e. The van der Waals surface area contributed by atoms with Crippen LogP contribution in [-0.4, -0.2) is 82.3 Å². The molecule has 0 aromatic heterocycles. The molecule has 0 rings (SSSR count). The normalized spacial score (nSPS) is 13.5. The van der Waals surface area contributed by atoms with Gasteiger partial charge in [0.05, 0.1) is 40.3 Å². The molecule has 0 aliphatic rings. The van der Waals surface area contributed by atoms with E-state index in [9.17, 15) is 19.5 Å². The van der Waals surface area contributed by atoms with Crippen LogP contribution in [0.5, 0.6) is 0 Å². The first kappa shape index (κ1) is 93.9. The van der Waals surface area contributed by atoms with Crippen molar-refractivity contribution in [1.29, 1.82) is 0 Å². The summed E-state index contributed by atoms with van der Waals surface area (Å²) < 4.78 is 22.9. The molecular formula is C90H151NO8. The molecule has 564 valence electrons. The minimum absolute atomic E-state index is 0.143. The van der Waals surface area contributed by atoms with Crippen LogP contribution in [0.15, 0.2) is 158 Å². The minimum atomic E-state index is -1.63. The van der Waals surface area contributed by atoms with Crippen molar-refractivity contribution in [3.8, 4) is 0 Å². The van der Waals surface area contributed by atoms with E-state index in [1.165, 1.54) is 180 Å². The highest BCUT2D eigenvalue weighted by Gasteiger charge is 2.22. The van der Waals surface area contributed by atoms with Gasteiger partial charge in [-0.3, -0.25) is 9.59 Å². The number of carbonyl (C=O) groups is 3. The number of hydrogen-bond acceptors (Lipinski definition) is 8. The van der Waals surface area contributed by atoms with Crippen LogP contribution in [0.25, 0.3) is 0 Å². The molecule has 0 aliphatic heterocycles. The quantitative estimate of drug-likeness (QED) is 0.0195. The van der Waals surface area contributed by atoms with Crippen molar-refractivity contribution in [1.82, 2.24) is 0 Å². The summed E-state index contributed by atoms with van der Waals surface area (Å²) in [5.41, 5.74) is 0. The number of hydrogen-bond donors (Lipinski definition) is 0. The van der Waals surface area contributed by atoms with E-state index in [-0.39, 0.29) is 38.6 Å². The SMILES string of the molecule is CC/C=C\C/C=C\C/C=C\C/C=C\C/C=C\C/C=C\C/C=C\CCCCCCCCCCCCCCCCCC(=O)OC(COC(=O)CCCCCCCCCCCCCCCCCCCC/C=C\C/C=C\C/C=C\C/C=C\C/C=C\C/C=C\CC)COC(OCC[N+](C)(C)C)C(=O)[O-]. The van der Waals surface area contributed by atoms with Gasteiger partial charge in [0.25, 0.3) is 0 Å². The molecule has 0 amide bonds. The van der Waals surface area contributed by atoms with Gasteiger partial charge in [0.1, 0.15) is 13.2 Å². The summed E-state index contributed by atoms with van der Waals surface area (Å²) in [5, 5.41) is 11.9. The maximum Gasteiger partial charge on any atom is 0.306 e. The van der Waals surface area contributed by atoms with Crippen LogP contribution in [0.4, 0.5) is 0 Å². The van der Waals surface area contributed by atoms with Crippen molar-refractivity contribution in [2.45, 2.75) is 347 Å². The van der Waals surface area contributed by atoms with Gasteiger partial charge < -0.3 is 33.3 Å². The van der Waals surface area contributed by atoms with E-state index in [1.54, 1.807) is 0 Å². The van der Waals surface area contributed by atoms with Gasteiger partial charge in [0, 0.05) is 12.8 Å². The van der Waals surface area contributed by atoms with E-state index >= 15 is 0 Å². The summed E-state index contributed by atoms with van der Waals surface area (Å²) in [4.78, 5) is 37.6. The zero-order valence-corrected chi connectivity index (χ0v) is 64.6. The van der Waals surface area contributed by atoms with Crippen molar-refractivity contribution in [3.05, 3.63) is 158 Å². The Morgan fingerprint density at radius 1 is 0.303 bits per heavy atom. The monoisotopic (exact) mass is 1370 g/mol. The second-order valence-electron chi connectivity index (χ2n) is 27.9. The van der Waals surface area contributed by atoms with Crippen LogP contribution >= 0.6 is 0 Å². The molecule has 0 radical (unpaired) electrons. The van der Waals surface area contributed by atoms with E-state index in [0.717, 1.165) is 122 Å². The lowest BCUT2D eigenvalue weighted by Gasteiger charge is -2.26. The second-order valence-corrected chi connectivity index (χ2v) is 27.9. The standard InChI is InChI=1S/C90H151NO8/c1-6-8-10-12-14-16-18-20-22-24-26-28-30-32-34-36-38-40-42-44-46-48-50-52-54-56-58-60-62-64-66-68-70-72-74-76-78-80-87(92)97-84-86(85-98-90(89(94)95)96-83-82-91(3,4)5)99-88(93)81-79-77-75-73-71-69-67-65-63-61-59-57-55-53-51-49-47-45-43-41-39-37-35-33-31-29-27-25-23-21-19-17-15-13-11-9-7-2/h8-11,14-17,20-23,26-29,32-35,38-41,45,47,86,90H,6-7,12-13,18-19,24-25,30-31,36-37,42-44,46,48-85H2,1-5H3/b10-8-,11-9-,16-14-,17-15-,22-20-,23-21-,28-26-,29-27-,34-32-,35-33-,40-38-,41-39-,47-45-.